The summed E-state index contributed by atoms with van der Waals surface area (Å²) in [5.74, 6) is -68.5. The molecule has 0 atom stereocenters. The lowest BCUT2D eigenvalue weighted by atomic mass is 9.87. The highest BCUT2D eigenvalue weighted by atomic mass is 19.4. The van der Waals surface area contributed by atoms with Gasteiger partial charge in [0, 0.05) is 0 Å². The van der Waals surface area contributed by atoms with Crippen LogP contribution in [0.25, 0.3) is 0 Å². The summed E-state index contributed by atoms with van der Waals surface area (Å²) in [6.45, 7) is 2.17. The molecule has 0 N–H and O–H groups in total. The zero-order chi connectivity index (χ0) is 30.5. The van der Waals surface area contributed by atoms with Crippen LogP contribution in [0.5, 0.6) is 0 Å². The third-order valence-electron chi connectivity index (χ3n) is 4.31. The van der Waals surface area contributed by atoms with Gasteiger partial charge in [-0.3, -0.25) is 4.79 Å². The molecule has 0 fully saturated rings. The maximum absolute atomic E-state index is 13.6. The Balaban J connectivity index is 6.48. The molecule has 0 amide bonds. The Hall–Kier alpha value is -2.12. The zero-order valence-electron chi connectivity index (χ0n) is 17.3. The number of carbonyl (C=O) groups excluding carboxylic acids is 1. The summed E-state index contributed by atoms with van der Waals surface area (Å²) >= 11 is 0. The first kappa shape index (κ1) is 34.9. The predicted molar refractivity (Wildman–Crippen MR) is 80.6 cm³/mol. The molecule has 0 saturated heterocycles. The number of rotatable bonds is 12. The number of ether oxygens (including phenoxy) is 1. The van der Waals surface area contributed by atoms with E-state index in [0.717, 1.165) is 6.92 Å². The fourth-order valence-corrected chi connectivity index (χ4v) is 2.14. The molecule has 0 aliphatic carbocycles. The molecule has 0 aromatic carbocycles. The molecule has 0 saturated carbocycles. The van der Waals surface area contributed by atoms with Crippen molar-refractivity contribution in [3.63, 3.8) is 0 Å². The Kier molecular flexibility index (Phi) is 9.02. The van der Waals surface area contributed by atoms with Gasteiger partial charge in [0.05, 0.1) is 19.4 Å². The third-order valence-corrected chi connectivity index (χ3v) is 4.31. The van der Waals surface area contributed by atoms with E-state index in [0.29, 0.717) is 0 Å². The molecule has 0 bridgehead atoms. The van der Waals surface area contributed by atoms with Gasteiger partial charge in [-0.15, -0.1) is 0 Å². The lowest BCUT2D eigenvalue weighted by Crippen LogP contribution is -2.75. The second kappa shape index (κ2) is 9.57. The number of hydrogen-bond donors (Lipinski definition) is 0. The van der Waals surface area contributed by atoms with Crippen LogP contribution in [0.2, 0.25) is 0 Å². The summed E-state index contributed by atoms with van der Waals surface area (Å²) in [4.78, 5) is 11.1. The molecule has 0 spiro atoms. The van der Waals surface area contributed by atoms with E-state index in [1.807, 2.05) is 0 Å². The first-order chi connectivity index (χ1) is 15.8. The van der Waals surface area contributed by atoms with Crippen LogP contribution < -0.4 is 0 Å². The Morgan fingerprint density at radius 2 is 0.865 bits per heavy atom. The van der Waals surface area contributed by atoms with Crippen molar-refractivity contribution in [1.29, 1.82) is 0 Å². The minimum absolute atomic E-state index is 0.0515. The normalized spacial score (nSPS) is 15.6. The summed E-state index contributed by atoms with van der Waals surface area (Å²) in [6.07, 6.45) is -11.6. The van der Waals surface area contributed by atoms with E-state index < -0.39 is 79.0 Å². The number of halogens is 19. The number of esters is 1. The summed E-state index contributed by atoms with van der Waals surface area (Å²) < 4.78 is 254. The summed E-state index contributed by atoms with van der Waals surface area (Å²) in [7, 11) is 0. The Bertz CT molecular complexity index is 855. The second-order valence-electron chi connectivity index (χ2n) is 7.33. The zero-order valence-corrected chi connectivity index (χ0v) is 17.3. The largest absolute Gasteiger partial charge is 0.465 e. The van der Waals surface area contributed by atoms with Crippen LogP contribution in [0, 0.1) is 0 Å². The van der Waals surface area contributed by atoms with Gasteiger partial charge in [0.1, 0.15) is 0 Å². The van der Waals surface area contributed by atoms with Gasteiger partial charge in [-0.25, -0.2) is 0 Å². The highest BCUT2D eigenvalue weighted by molar-refractivity contribution is 5.72. The molecule has 21 heteroatoms. The molecule has 0 aromatic heterocycles. The first-order valence-corrected chi connectivity index (χ1v) is 8.70. The summed E-state index contributed by atoms with van der Waals surface area (Å²) in [5.41, 5.74) is -0.0515. The molecule has 2 nitrogen and oxygen atoms in total. The minimum Gasteiger partial charge on any atom is -0.465 e. The van der Waals surface area contributed by atoms with Crippen molar-refractivity contribution >= 4 is 5.97 Å². The van der Waals surface area contributed by atoms with Crippen molar-refractivity contribution < 1.29 is 92.9 Å². The lowest BCUT2D eigenvalue weighted by Gasteiger charge is -2.43. The van der Waals surface area contributed by atoms with E-state index in [2.05, 4.69) is 11.3 Å². The Labute approximate surface area is 192 Å². The van der Waals surface area contributed by atoms with E-state index in [9.17, 15) is 88.2 Å². The fraction of sp³-hybridized carbons (Fsp3) is 0.812. The lowest BCUT2D eigenvalue weighted by molar-refractivity contribution is -0.468. The third kappa shape index (κ3) is 5.26. The number of alkyl halides is 19. The van der Waals surface area contributed by atoms with Crippen molar-refractivity contribution in [1.82, 2.24) is 0 Å². The molecule has 0 unspecified atom stereocenters. The molecule has 0 radical (unpaired) electrons. The van der Waals surface area contributed by atoms with Crippen LogP contribution in [-0.4, -0.2) is 66.1 Å². The SMILES string of the molecule is C=C(C)CC(=O)OCCC(F)(F)C(F)(F)C(F)(F)C(F)(F)C(F)(F)C(F)(F)C(F)(F)C(F)(F)C(F)(F)F. The van der Waals surface area contributed by atoms with Crippen LogP contribution in [-0.2, 0) is 9.53 Å². The maximum atomic E-state index is 13.6. The van der Waals surface area contributed by atoms with E-state index in [1.54, 1.807) is 0 Å². The van der Waals surface area contributed by atoms with Gasteiger partial charge in [-0.1, -0.05) is 12.2 Å². The molecular formula is C16H11F19O2. The molecule has 37 heavy (non-hydrogen) atoms. The first-order valence-electron chi connectivity index (χ1n) is 8.70. The standard InChI is InChI=1S/C16H11F19O2/c1-6(2)5-7(36)37-4-3-8(17,18)9(19,20)10(21,22)11(23,24)12(25,26)13(27,28)14(29,30)15(31,32)16(33,34)35/h1,3-5H2,2H3. The second-order valence-corrected chi connectivity index (χ2v) is 7.33. The van der Waals surface area contributed by atoms with Crippen LogP contribution in [0.3, 0.4) is 0 Å². The van der Waals surface area contributed by atoms with Gasteiger partial charge >= 0.3 is 59.5 Å². The van der Waals surface area contributed by atoms with Crippen molar-refractivity contribution in [3.8, 4) is 0 Å². The van der Waals surface area contributed by atoms with Gasteiger partial charge in [-0.05, 0) is 6.92 Å². The van der Waals surface area contributed by atoms with Crippen molar-refractivity contribution in [3.05, 3.63) is 12.2 Å². The molecule has 0 aliphatic heterocycles. The monoisotopic (exact) mass is 596 g/mol. The van der Waals surface area contributed by atoms with Crippen LogP contribution in [0.4, 0.5) is 83.4 Å². The molecule has 0 aliphatic rings. The Morgan fingerprint density at radius 1 is 0.568 bits per heavy atom. The summed E-state index contributed by atoms with van der Waals surface area (Å²) in [6, 6.07) is 0. The smallest absolute Gasteiger partial charge is 0.460 e. The van der Waals surface area contributed by atoms with Gasteiger partial charge in [0.15, 0.2) is 0 Å². The highest BCUT2D eigenvalue weighted by Crippen LogP contribution is 2.65. The quantitative estimate of drug-likeness (QED) is 0.132. The molecular weight excluding hydrogens is 585 g/mol. The fourth-order valence-electron chi connectivity index (χ4n) is 2.14. The van der Waals surface area contributed by atoms with E-state index in [4.69, 9.17) is 0 Å². The van der Waals surface area contributed by atoms with Crippen LogP contribution >= 0.6 is 0 Å². The molecule has 0 heterocycles. The van der Waals surface area contributed by atoms with Crippen LogP contribution in [0.1, 0.15) is 19.8 Å². The topological polar surface area (TPSA) is 26.3 Å². The van der Waals surface area contributed by atoms with E-state index >= 15 is 0 Å². The van der Waals surface area contributed by atoms with Crippen molar-refractivity contribution in [2.75, 3.05) is 6.61 Å². The average molecular weight is 596 g/mol. The number of carbonyl (C=O) groups is 1. The number of hydrogen-bond acceptors (Lipinski definition) is 2. The molecule has 220 valence electrons. The van der Waals surface area contributed by atoms with E-state index in [-0.39, 0.29) is 5.57 Å². The van der Waals surface area contributed by atoms with Gasteiger partial charge in [0.25, 0.3) is 0 Å². The van der Waals surface area contributed by atoms with E-state index in [1.165, 1.54) is 0 Å². The van der Waals surface area contributed by atoms with Gasteiger partial charge < -0.3 is 4.74 Å². The highest BCUT2D eigenvalue weighted by Gasteiger charge is 2.96. The average Bonchev–Trinajstić information content (AvgIpc) is 2.65. The van der Waals surface area contributed by atoms with Gasteiger partial charge in [0.2, 0.25) is 0 Å². The molecule has 0 aromatic rings. The van der Waals surface area contributed by atoms with Crippen molar-refractivity contribution in [2.24, 2.45) is 0 Å². The van der Waals surface area contributed by atoms with Crippen molar-refractivity contribution in [2.45, 2.75) is 73.3 Å². The Morgan fingerprint density at radius 3 is 1.16 bits per heavy atom. The van der Waals surface area contributed by atoms with Crippen LogP contribution in [0.15, 0.2) is 12.2 Å². The maximum Gasteiger partial charge on any atom is 0.460 e. The molecule has 0 rings (SSSR count). The summed E-state index contributed by atoms with van der Waals surface area (Å²) in [5, 5.41) is 0. The minimum atomic E-state index is -8.96. The predicted octanol–water partition coefficient (Wildman–Crippen LogP) is 7.53. The van der Waals surface area contributed by atoms with Gasteiger partial charge in [-0.2, -0.15) is 83.4 Å².